The lowest BCUT2D eigenvalue weighted by atomic mass is 10.1. The van der Waals surface area contributed by atoms with E-state index in [0.717, 1.165) is 11.1 Å². The van der Waals surface area contributed by atoms with Crippen molar-refractivity contribution >= 4 is 15.5 Å². The molecule has 2 aromatic heterocycles. The van der Waals surface area contributed by atoms with Crippen LogP contribution in [0.15, 0.2) is 64.0 Å². The molecule has 0 unspecified atom stereocenters. The maximum atomic E-state index is 12.3. The summed E-state index contributed by atoms with van der Waals surface area (Å²) in [5.41, 5.74) is 9.51. The third kappa shape index (κ3) is 4.04. The average molecular weight is 442 g/mol. The van der Waals surface area contributed by atoms with Gasteiger partial charge >= 0.3 is 0 Å². The Hall–Kier alpha value is -3.59. The number of nitrogen functional groups attached to an aromatic ring is 1. The molecule has 2 N–H and O–H groups in total. The zero-order valence-corrected chi connectivity index (χ0v) is 18.1. The summed E-state index contributed by atoms with van der Waals surface area (Å²) in [6, 6.07) is 13.7. The molecule has 0 atom stereocenters. The first-order chi connectivity index (χ1) is 14.8. The van der Waals surface area contributed by atoms with Crippen molar-refractivity contribution in [1.29, 1.82) is 0 Å². The summed E-state index contributed by atoms with van der Waals surface area (Å²) in [6.07, 6.45) is 1.63. The quantitative estimate of drug-likeness (QED) is 0.443. The molecular weight excluding hydrogens is 414 g/mol. The fourth-order valence-corrected chi connectivity index (χ4v) is 4.00. The minimum Gasteiger partial charge on any atom is -0.415 e. The molecule has 0 bridgehead atoms. The summed E-state index contributed by atoms with van der Waals surface area (Å²) in [5, 5.41) is 7.73. The molecule has 0 saturated carbocycles. The second-order valence-electron chi connectivity index (χ2n) is 7.34. The number of anilines is 1. The Morgan fingerprint density at radius 3 is 2.19 bits per heavy atom. The van der Waals surface area contributed by atoms with Crippen molar-refractivity contribution in [2.75, 3.05) is 5.73 Å². The van der Waals surface area contributed by atoms with Gasteiger partial charge in [0.25, 0.3) is 5.89 Å². The predicted octanol–water partition coefficient (Wildman–Crippen LogP) is 4.67. The standard InChI is InChI=1S/C22H21N5O3S.3H2/c1-13(2)31(28,29)18-10-6-15(7-11-18)19-12-24-14(3)20(25-19)22-27-26-21(30-22)16-4-8-17(23)9-5-16;;;/h4-13H,23H2,1-3H3;3*1H. The highest BCUT2D eigenvalue weighted by molar-refractivity contribution is 7.92. The Morgan fingerprint density at radius 1 is 0.935 bits per heavy atom. The van der Waals surface area contributed by atoms with Crippen LogP contribution in [0.1, 0.15) is 23.8 Å². The van der Waals surface area contributed by atoms with Crippen molar-refractivity contribution in [2.45, 2.75) is 30.9 Å². The number of aryl methyl sites for hydroxylation is 1. The zero-order chi connectivity index (χ0) is 22.2. The summed E-state index contributed by atoms with van der Waals surface area (Å²) in [4.78, 5) is 9.31. The van der Waals surface area contributed by atoms with Crippen LogP contribution in [0.4, 0.5) is 5.69 Å². The van der Waals surface area contributed by atoms with Crippen molar-refractivity contribution in [3.63, 3.8) is 0 Å². The Bertz CT molecular complexity index is 1340. The second-order valence-corrected chi connectivity index (χ2v) is 9.85. The van der Waals surface area contributed by atoms with E-state index in [-0.39, 0.29) is 15.1 Å². The van der Waals surface area contributed by atoms with Gasteiger partial charge in [0, 0.05) is 21.1 Å². The van der Waals surface area contributed by atoms with Crippen LogP contribution in [0.2, 0.25) is 0 Å². The van der Waals surface area contributed by atoms with E-state index in [1.54, 1.807) is 75.5 Å². The van der Waals surface area contributed by atoms with Crippen LogP contribution in [0.3, 0.4) is 0 Å². The highest BCUT2D eigenvalue weighted by Gasteiger charge is 2.20. The van der Waals surface area contributed by atoms with Gasteiger partial charge in [0.15, 0.2) is 9.84 Å². The lowest BCUT2D eigenvalue weighted by Crippen LogP contribution is -2.13. The van der Waals surface area contributed by atoms with Crippen LogP contribution in [0.25, 0.3) is 34.3 Å². The van der Waals surface area contributed by atoms with E-state index >= 15 is 0 Å². The topological polar surface area (TPSA) is 125 Å². The van der Waals surface area contributed by atoms with E-state index in [9.17, 15) is 8.42 Å². The normalized spacial score (nSPS) is 11.7. The first kappa shape index (κ1) is 20.7. The van der Waals surface area contributed by atoms with Gasteiger partial charge in [-0.2, -0.15) is 0 Å². The van der Waals surface area contributed by atoms with Crippen LogP contribution in [0, 0.1) is 6.92 Å². The van der Waals surface area contributed by atoms with Crippen LogP contribution in [0.5, 0.6) is 0 Å². The fraction of sp³-hybridized carbons (Fsp3) is 0.182. The summed E-state index contributed by atoms with van der Waals surface area (Å²) < 4.78 is 30.5. The average Bonchev–Trinajstić information content (AvgIpc) is 3.24. The summed E-state index contributed by atoms with van der Waals surface area (Å²) >= 11 is 0. The molecular formula is C22H27N5O3S. The molecule has 0 aliphatic heterocycles. The van der Waals surface area contributed by atoms with Gasteiger partial charge in [0.1, 0.15) is 5.69 Å². The summed E-state index contributed by atoms with van der Waals surface area (Å²) in [5.74, 6) is 0.600. The van der Waals surface area contributed by atoms with Gasteiger partial charge in [0.05, 0.1) is 27.7 Å². The van der Waals surface area contributed by atoms with Crippen molar-refractivity contribution in [3.05, 3.63) is 60.4 Å². The van der Waals surface area contributed by atoms with Gasteiger partial charge in [0.2, 0.25) is 5.89 Å². The minimum atomic E-state index is -3.34. The first-order valence-corrected chi connectivity index (χ1v) is 11.2. The number of sulfone groups is 1. The number of aromatic nitrogens is 4. The second kappa shape index (κ2) is 7.92. The summed E-state index contributed by atoms with van der Waals surface area (Å²) in [7, 11) is -3.34. The Morgan fingerprint density at radius 2 is 1.55 bits per heavy atom. The van der Waals surface area contributed by atoms with Gasteiger partial charge in [-0.1, -0.05) is 12.1 Å². The van der Waals surface area contributed by atoms with Gasteiger partial charge < -0.3 is 10.2 Å². The number of benzene rings is 2. The molecule has 0 fully saturated rings. The maximum absolute atomic E-state index is 12.3. The molecule has 0 spiro atoms. The van der Waals surface area contributed by atoms with Crippen molar-refractivity contribution in [2.24, 2.45) is 0 Å². The molecule has 0 saturated heterocycles. The molecule has 4 rings (SSSR count). The lowest BCUT2D eigenvalue weighted by Gasteiger charge is -2.09. The number of hydrogen-bond donors (Lipinski definition) is 1. The van der Waals surface area contributed by atoms with E-state index in [4.69, 9.17) is 10.2 Å². The van der Waals surface area contributed by atoms with E-state index < -0.39 is 15.1 Å². The molecule has 0 aliphatic rings. The molecule has 0 radical (unpaired) electrons. The number of hydrogen-bond acceptors (Lipinski definition) is 8. The molecule has 4 aromatic rings. The molecule has 9 heteroatoms. The van der Waals surface area contributed by atoms with E-state index in [0.29, 0.717) is 28.7 Å². The van der Waals surface area contributed by atoms with Crippen molar-refractivity contribution in [1.82, 2.24) is 20.2 Å². The number of nitrogens with zero attached hydrogens (tertiary/aromatic N) is 4. The first-order valence-electron chi connectivity index (χ1n) is 9.63. The highest BCUT2D eigenvalue weighted by atomic mass is 32.2. The predicted molar refractivity (Wildman–Crippen MR) is 124 cm³/mol. The zero-order valence-electron chi connectivity index (χ0n) is 17.3. The fourth-order valence-electron chi connectivity index (χ4n) is 2.94. The van der Waals surface area contributed by atoms with Gasteiger partial charge in [-0.15, -0.1) is 10.2 Å². The molecule has 0 amide bonds. The molecule has 0 aliphatic carbocycles. The van der Waals surface area contributed by atoms with Crippen LogP contribution < -0.4 is 5.73 Å². The van der Waals surface area contributed by atoms with E-state index in [1.165, 1.54) is 0 Å². The smallest absolute Gasteiger partial charge is 0.268 e. The van der Waals surface area contributed by atoms with Crippen LogP contribution in [-0.4, -0.2) is 33.8 Å². The van der Waals surface area contributed by atoms with E-state index in [1.807, 2.05) is 0 Å². The highest BCUT2D eigenvalue weighted by Crippen LogP contribution is 2.27. The molecule has 2 heterocycles. The Balaban J connectivity index is 0.00000193. The molecule has 8 nitrogen and oxygen atoms in total. The number of nitrogens with two attached hydrogens (primary N) is 1. The largest absolute Gasteiger partial charge is 0.415 e. The lowest BCUT2D eigenvalue weighted by molar-refractivity contribution is 0.581. The van der Waals surface area contributed by atoms with Crippen LogP contribution >= 0.6 is 0 Å². The minimum absolute atomic E-state index is 0. The Kier molecular flexibility index (Phi) is 5.28. The van der Waals surface area contributed by atoms with Gasteiger partial charge in [-0.3, -0.25) is 4.98 Å². The van der Waals surface area contributed by atoms with E-state index in [2.05, 4.69) is 20.2 Å². The molecule has 164 valence electrons. The van der Waals surface area contributed by atoms with Gasteiger partial charge in [-0.25, -0.2) is 13.4 Å². The van der Waals surface area contributed by atoms with Crippen LogP contribution in [-0.2, 0) is 9.84 Å². The third-order valence-corrected chi connectivity index (χ3v) is 7.01. The maximum Gasteiger partial charge on any atom is 0.268 e. The van der Waals surface area contributed by atoms with Crippen molar-refractivity contribution < 1.29 is 17.1 Å². The SMILES string of the molecule is Cc1ncc(-c2ccc(S(=O)(=O)C(C)C)cc2)nc1-c1nnc(-c2ccc(N)cc2)o1.[HH].[HH].[HH]. The Labute approximate surface area is 184 Å². The van der Waals surface area contributed by atoms with Gasteiger partial charge in [-0.05, 0) is 57.2 Å². The monoisotopic (exact) mass is 441 g/mol. The third-order valence-electron chi connectivity index (χ3n) is 4.84. The molecule has 2 aromatic carbocycles. The van der Waals surface area contributed by atoms with Crippen molar-refractivity contribution in [3.8, 4) is 34.3 Å². The summed E-state index contributed by atoms with van der Waals surface area (Å²) in [6.45, 7) is 5.12. The molecule has 31 heavy (non-hydrogen) atoms. The number of rotatable bonds is 5.